The van der Waals surface area contributed by atoms with Gasteiger partial charge in [-0.2, -0.15) is 0 Å². The number of rotatable bonds is 5. The minimum Gasteiger partial charge on any atom is -0.507 e. The molecule has 0 radical (unpaired) electrons. The molecule has 0 saturated carbocycles. The summed E-state index contributed by atoms with van der Waals surface area (Å²) in [7, 11) is 0. The van der Waals surface area contributed by atoms with Crippen LogP contribution in [0.15, 0.2) is 66.7 Å². The number of ether oxygens (including phenoxy) is 6. The van der Waals surface area contributed by atoms with Gasteiger partial charge in [0.2, 0.25) is 17.8 Å². The second-order valence-electron chi connectivity index (χ2n) is 14.3. The Morgan fingerprint density at radius 2 is 1.22 bits per heavy atom. The lowest BCUT2D eigenvalue weighted by Gasteiger charge is -2.43. The summed E-state index contributed by atoms with van der Waals surface area (Å²) in [5.74, 6) is -16.5. The lowest BCUT2D eigenvalue weighted by molar-refractivity contribution is -0.276. The zero-order valence-corrected chi connectivity index (χ0v) is 31.7. The summed E-state index contributed by atoms with van der Waals surface area (Å²) in [6.45, 7) is -1.02. The van der Waals surface area contributed by atoms with Crippen LogP contribution in [0.3, 0.4) is 0 Å². The molecule has 326 valence electrons. The molecule has 5 aromatic rings. The molecular weight excluding hydrogens is 840 g/mol. The number of phenols is 10. The van der Waals surface area contributed by atoms with Crippen molar-refractivity contribution in [2.24, 2.45) is 0 Å². The molecule has 21 heteroatoms. The molecule has 0 unspecified atom stereocenters. The van der Waals surface area contributed by atoms with Crippen molar-refractivity contribution in [3.8, 4) is 80.1 Å². The fraction of sp³-hybridized carbons (Fsp3) is 0.190. The Kier molecular flexibility index (Phi) is 10.3. The highest BCUT2D eigenvalue weighted by molar-refractivity contribution is 6.08. The molecule has 1 saturated heterocycles. The summed E-state index contributed by atoms with van der Waals surface area (Å²) in [5, 5.41) is 117. The third kappa shape index (κ3) is 7.25. The minimum atomic E-state index is -2.25. The van der Waals surface area contributed by atoms with Gasteiger partial charge in [-0.15, -0.1) is 0 Å². The SMILES string of the molecule is O=C(O[C@@H]1[C@H](O)[C@H](Oc2cc(O)c3c(c2)O[C@H](c2ccccc2)CC3=O)O[C@@H]2COC(=O)c3cc(O)c(O)c(O)c3-c3c(cc(O)c(O)c3O)C(=O)O[C@@H]12)c1cc(O)c(O)c(O)c1. The van der Waals surface area contributed by atoms with E-state index in [9.17, 15) is 75.3 Å². The maximum Gasteiger partial charge on any atom is 0.339 e. The van der Waals surface area contributed by atoms with E-state index in [2.05, 4.69) is 0 Å². The fourth-order valence-electron chi connectivity index (χ4n) is 7.33. The van der Waals surface area contributed by atoms with Gasteiger partial charge in [0.25, 0.3) is 0 Å². The number of benzene rings is 5. The predicted octanol–water partition coefficient (Wildman–Crippen LogP) is 3.20. The van der Waals surface area contributed by atoms with Gasteiger partial charge >= 0.3 is 17.9 Å². The number of cyclic esters (lactones) is 1. The maximum absolute atomic E-state index is 14.2. The van der Waals surface area contributed by atoms with E-state index in [-0.39, 0.29) is 23.5 Å². The van der Waals surface area contributed by atoms with Crippen molar-refractivity contribution in [2.45, 2.75) is 43.2 Å². The molecule has 6 atom stereocenters. The van der Waals surface area contributed by atoms with E-state index in [1.165, 1.54) is 6.07 Å². The van der Waals surface area contributed by atoms with Gasteiger partial charge < -0.3 is 84.6 Å². The van der Waals surface area contributed by atoms with E-state index < -0.39 is 152 Å². The van der Waals surface area contributed by atoms with Crippen LogP contribution < -0.4 is 9.47 Å². The zero-order valence-electron chi connectivity index (χ0n) is 31.7. The second kappa shape index (κ2) is 15.6. The van der Waals surface area contributed by atoms with Crippen LogP contribution in [0.25, 0.3) is 11.1 Å². The molecule has 3 aliphatic rings. The lowest BCUT2D eigenvalue weighted by atomic mass is 9.92. The molecular formula is C42H32O21. The number of fused-ring (bicyclic) bond motifs is 5. The first kappa shape index (κ1) is 41.4. The van der Waals surface area contributed by atoms with Gasteiger partial charge in [0.05, 0.1) is 23.1 Å². The number of carbonyl (C=O) groups is 4. The number of phenolic OH excluding ortho intramolecular Hbond substituents is 10. The Labute approximate surface area is 351 Å². The molecule has 8 rings (SSSR count). The molecule has 0 spiro atoms. The van der Waals surface area contributed by atoms with E-state index in [0.717, 1.165) is 6.07 Å². The van der Waals surface area contributed by atoms with Gasteiger partial charge in [0, 0.05) is 23.3 Å². The van der Waals surface area contributed by atoms with Gasteiger partial charge in [-0.3, -0.25) is 4.79 Å². The number of carbonyl (C=O) groups excluding carboxylic acids is 4. The summed E-state index contributed by atoms with van der Waals surface area (Å²) < 4.78 is 34.6. The van der Waals surface area contributed by atoms with E-state index in [1.807, 2.05) is 0 Å². The maximum atomic E-state index is 14.2. The number of aliphatic hydroxyl groups excluding tert-OH is 1. The quantitative estimate of drug-likeness (QED) is 0.0686. The van der Waals surface area contributed by atoms with Crippen LogP contribution in [0.2, 0.25) is 0 Å². The van der Waals surface area contributed by atoms with Gasteiger partial charge in [-0.25, -0.2) is 14.4 Å². The van der Waals surface area contributed by atoms with Crippen molar-refractivity contribution in [1.82, 2.24) is 0 Å². The molecule has 0 aromatic heterocycles. The predicted molar refractivity (Wildman–Crippen MR) is 204 cm³/mol. The number of aliphatic hydroxyl groups is 1. The topological polar surface area (TPSA) is 346 Å². The first-order valence-electron chi connectivity index (χ1n) is 18.5. The van der Waals surface area contributed by atoms with Crippen LogP contribution in [0, 0.1) is 0 Å². The minimum absolute atomic E-state index is 0.130. The highest BCUT2D eigenvalue weighted by Gasteiger charge is 2.52. The Balaban J connectivity index is 1.22. The summed E-state index contributed by atoms with van der Waals surface area (Å²) in [6.07, 6.45) is -11.3. The normalized spacial score (nSPS) is 21.8. The molecule has 3 aliphatic heterocycles. The Morgan fingerprint density at radius 3 is 1.84 bits per heavy atom. The highest BCUT2D eigenvalue weighted by atomic mass is 16.7. The Morgan fingerprint density at radius 1 is 0.635 bits per heavy atom. The Hall–Kier alpha value is -8.30. The lowest BCUT2D eigenvalue weighted by Crippen LogP contribution is -2.62. The average molecular weight is 873 g/mol. The summed E-state index contributed by atoms with van der Waals surface area (Å²) >= 11 is 0. The van der Waals surface area contributed by atoms with Gasteiger partial charge in [0.15, 0.2) is 64.3 Å². The smallest absolute Gasteiger partial charge is 0.339 e. The number of hydrogen-bond donors (Lipinski definition) is 11. The first-order chi connectivity index (χ1) is 29.9. The highest BCUT2D eigenvalue weighted by Crippen LogP contribution is 2.53. The zero-order chi connectivity index (χ0) is 45.2. The van der Waals surface area contributed by atoms with Crippen LogP contribution >= 0.6 is 0 Å². The van der Waals surface area contributed by atoms with Crippen LogP contribution in [-0.4, -0.2) is 117 Å². The molecule has 21 nitrogen and oxygen atoms in total. The van der Waals surface area contributed by atoms with E-state index in [4.69, 9.17) is 28.4 Å². The molecule has 11 N–H and O–H groups in total. The standard InChI is InChI=1S/C42H32O21/c43-19-8-16(9-26-30(19)20(44)12-25(60-26)14-4-2-1-3-5-14)59-42-36(54)38(63-39(55)15-6-21(45)31(49)22(46)7-15)37-27(61-42)13-58-40(56)17-10-23(47)32(50)34(52)28(17)29-18(41(57)62-37)11-24(48)33(51)35(29)53/h1-11,25,27,36-38,42-43,45-54H,12-13H2/t25-,27+,36-,37+,38+,42+/m0/s1. The van der Waals surface area contributed by atoms with Crippen LogP contribution in [0.4, 0.5) is 0 Å². The molecule has 63 heavy (non-hydrogen) atoms. The molecule has 0 bridgehead atoms. The third-order valence-corrected chi connectivity index (χ3v) is 10.4. The second-order valence-corrected chi connectivity index (χ2v) is 14.3. The van der Waals surface area contributed by atoms with Gasteiger partial charge in [0.1, 0.15) is 41.6 Å². The van der Waals surface area contributed by atoms with Crippen molar-refractivity contribution < 1.29 is 104 Å². The number of esters is 3. The average Bonchev–Trinajstić information content (AvgIpc) is 3.26. The first-order valence-corrected chi connectivity index (χ1v) is 18.5. The van der Waals surface area contributed by atoms with Crippen molar-refractivity contribution in [3.63, 3.8) is 0 Å². The molecule has 0 amide bonds. The van der Waals surface area contributed by atoms with E-state index in [1.54, 1.807) is 30.3 Å². The third-order valence-electron chi connectivity index (χ3n) is 10.4. The van der Waals surface area contributed by atoms with Crippen molar-refractivity contribution in [1.29, 1.82) is 0 Å². The molecule has 0 aliphatic carbocycles. The monoisotopic (exact) mass is 872 g/mol. The van der Waals surface area contributed by atoms with Crippen molar-refractivity contribution >= 4 is 23.7 Å². The van der Waals surface area contributed by atoms with E-state index >= 15 is 0 Å². The van der Waals surface area contributed by atoms with Crippen molar-refractivity contribution in [2.75, 3.05) is 6.61 Å². The molecule has 3 heterocycles. The van der Waals surface area contributed by atoms with Gasteiger partial charge in [-0.1, -0.05) is 30.3 Å². The summed E-state index contributed by atoms with van der Waals surface area (Å²) in [6, 6.07) is 13.2. The molecule has 1 fully saturated rings. The van der Waals surface area contributed by atoms with Crippen LogP contribution in [0.1, 0.15) is 59.5 Å². The number of Topliss-reactive ketones (excluding diaryl/α,β-unsaturated/α-hetero) is 1. The van der Waals surface area contributed by atoms with Crippen LogP contribution in [-0.2, 0) is 18.9 Å². The fourth-order valence-corrected chi connectivity index (χ4v) is 7.33. The Bertz CT molecular complexity index is 2710. The number of aromatic hydroxyl groups is 10. The summed E-state index contributed by atoms with van der Waals surface area (Å²) in [5.41, 5.74) is -3.87. The van der Waals surface area contributed by atoms with E-state index in [0.29, 0.717) is 29.8 Å². The number of ketones is 1. The molecule has 5 aromatic carbocycles. The number of hydrogen-bond acceptors (Lipinski definition) is 21. The summed E-state index contributed by atoms with van der Waals surface area (Å²) in [4.78, 5) is 54.8. The van der Waals surface area contributed by atoms with Gasteiger partial charge in [-0.05, 0) is 29.8 Å². The van der Waals surface area contributed by atoms with Crippen molar-refractivity contribution in [3.05, 3.63) is 94.5 Å². The van der Waals surface area contributed by atoms with Crippen LogP contribution in [0.5, 0.6) is 69.0 Å². The largest absolute Gasteiger partial charge is 0.507 e.